The molecule has 2 N–H and O–H groups in total. The van der Waals surface area contributed by atoms with E-state index in [1.54, 1.807) is 0 Å². The number of nitrogens with zero attached hydrogens (tertiary/aromatic N) is 1. The molecule has 1 aliphatic rings. The Balaban J connectivity index is 2.22. The van der Waals surface area contributed by atoms with Crippen LogP contribution in [0.15, 0.2) is 0 Å². The number of carbonyl (C=O) groups excluding carboxylic acids is 1. The average Bonchev–Trinajstić information content (AvgIpc) is 2.16. The lowest BCUT2D eigenvalue weighted by Gasteiger charge is -2.22. The molecule has 0 radical (unpaired) electrons. The number of hydrogen-bond acceptors (Lipinski definition) is 5. The number of hydrogen-bond donors (Lipinski definition) is 2. The predicted octanol–water partition coefficient (Wildman–Crippen LogP) is -0.192. The highest BCUT2D eigenvalue weighted by atomic mass is 16.9. The molecule has 0 saturated carbocycles. The third kappa shape index (κ3) is 3.40. The number of rotatable bonds is 4. The minimum absolute atomic E-state index is 0.0264. The van der Waals surface area contributed by atoms with E-state index in [1.165, 1.54) is 7.11 Å². The van der Waals surface area contributed by atoms with E-state index in [4.69, 9.17) is 5.21 Å². The van der Waals surface area contributed by atoms with Gasteiger partial charge in [0.15, 0.2) is 0 Å². The van der Waals surface area contributed by atoms with Crippen LogP contribution in [0.3, 0.4) is 0 Å². The van der Waals surface area contributed by atoms with E-state index in [0.29, 0.717) is 19.4 Å². The zero-order valence-electron chi connectivity index (χ0n) is 7.82. The number of ketones is 1. The normalized spacial score (nSPS) is 23.9. The highest BCUT2D eigenvalue weighted by Crippen LogP contribution is 2.10. The molecular weight excluding hydrogens is 172 g/mol. The molecule has 1 unspecified atom stereocenters. The molecule has 1 rings (SSSR count). The first-order valence-corrected chi connectivity index (χ1v) is 4.48. The average molecular weight is 188 g/mol. The van der Waals surface area contributed by atoms with Gasteiger partial charge in [0.2, 0.25) is 0 Å². The van der Waals surface area contributed by atoms with Crippen molar-refractivity contribution in [3.05, 3.63) is 0 Å². The molecule has 0 aromatic heterocycles. The summed E-state index contributed by atoms with van der Waals surface area (Å²) in [5, 5.41) is 12.9. The van der Waals surface area contributed by atoms with Gasteiger partial charge in [0.05, 0.1) is 13.7 Å². The highest BCUT2D eigenvalue weighted by molar-refractivity contribution is 5.82. The van der Waals surface area contributed by atoms with Gasteiger partial charge < -0.3 is 5.32 Å². The fourth-order valence-electron chi connectivity index (χ4n) is 1.43. The Morgan fingerprint density at radius 3 is 3.15 bits per heavy atom. The molecule has 0 amide bonds. The molecular formula is C8H16N2O3. The summed E-state index contributed by atoms with van der Waals surface area (Å²) in [5.41, 5.74) is 0. The Morgan fingerprint density at radius 2 is 2.54 bits per heavy atom. The summed E-state index contributed by atoms with van der Waals surface area (Å²) in [6, 6.07) is 0. The van der Waals surface area contributed by atoms with E-state index in [-0.39, 0.29) is 11.7 Å². The van der Waals surface area contributed by atoms with E-state index in [0.717, 1.165) is 18.3 Å². The van der Waals surface area contributed by atoms with Crippen molar-refractivity contribution in [2.75, 3.05) is 26.7 Å². The molecule has 76 valence electrons. The van der Waals surface area contributed by atoms with E-state index in [9.17, 15) is 4.79 Å². The van der Waals surface area contributed by atoms with Crippen molar-refractivity contribution >= 4 is 5.78 Å². The molecule has 5 heteroatoms. The molecule has 1 saturated heterocycles. The summed E-state index contributed by atoms with van der Waals surface area (Å²) in [4.78, 5) is 15.8. The van der Waals surface area contributed by atoms with Gasteiger partial charge in [-0.15, -0.1) is 0 Å². The molecule has 1 heterocycles. The zero-order valence-corrected chi connectivity index (χ0v) is 7.82. The first-order chi connectivity index (χ1) is 6.24. The molecule has 1 atom stereocenters. The van der Waals surface area contributed by atoms with E-state index >= 15 is 0 Å². The SMILES string of the molecule is CON(O)CCC1CNCCC1=O. The molecule has 0 bridgehead atoms. The van der Waals surface area contributed by atoms with Gasteiger partial charge in [-0.1, -0.05) is 5.23 Å². The molecule has 0 aromatic carbocycles. The Kier molecular flexibility index (Phi) is 4.31. The third-order valence-corrected chi connectivity index (χ3v) is 2.27. The number of Topliss-reactive ketones (excluding diaryl/α,β-unsaturated/α-hetero) is 1. The number of piperidine rings is 1. The summed E-state index contributed by atoms with van der Waals surface area (Å²) in [5.74, 6) is 0.307. The number of hydroxylamine groups is 2. The second-order valence-corrected chi connectivity index (χ2v) is 3.16. The van der Waals surface area contributed by atoms with Gasteiger partial charge in [-0.25, -0.2) is 0 Å². The smallest absolute Gasteiger partial charge is 0.138 e. The lowest BCUT2D eigenvalue weighted by atomic mass is 9.95. The standard InChI is InChI=1S/C8H16N2O3/c1-13-10(12)5-3-7-6-9-4-2-8(7)11/h7,9,12H,2-6H2,1H3. The van der Waals surface area contributed by atoms with Gasteiger partial charge in [-0.2, -0.15) is 0 Å². The summed E-state index contributed by atoms with van der Waals surface area (Å²) < 4.78 is 0. The second kappa shape index (κ2) is 5.29. The lowest BCUT2D eigenvalue weighted by Crippen LogP contribution is -2.38. The summed E-state index contributed by atoms with van der Waals surface area (Å²) >= 11 is 0. The van der Waals surface area contributed by atoms with E-state index in [1.807, 2.05) is 0 Å². The van der Waals surface area contributed by atoms with Crippen molar-refractivity contribution in [1.82, 2.24) is 10.5 Å². The fraction of sp³-hybridized carbons (Fsp3) is 0.875. The highest BCUT2D eigenvalue weighted by Gasteiger charge is 2.21. The monoisotopic (exact) mass is 188 g/mol. The summed E-state index contributed by atoms with van der Waals surface area (Å²) in [7, 11) is 1.39. The topological polar surface area (TPSA) is 61.8 Å². The number of carbonyl (C=O) groups is 1. The number of nitrogens with one attached hydrogen (secondary N) is 1. The molecule has 1 aliphatic heterocycles. The minimum Gasteiger partial charge on any atom is -0.316 e. The van der Waals surface area contributed by atoms with Gasteiger partial charge in [0, 0.05) is 25.4 Å². The second-order valence-electron chi connectivity index (χ2n) is 3.16. The fourth-order valence-corrected chi connectivity index (χ4v) is 1.43. The van der Waals surface area contributed by atoms with Crippen LogP contribution in [0.4, 0.5) is 0 Å². The van der Waals surface area contributed by atoms with Crippen LogP contribution in [0.1, 0.15) is 12.8 Å². The van der Waals surface area contributed by atoms with Gasteiger partial charge in [0.1, 0.15) is 5.78 Å². The van der Waals surface area contributed by atoms with Crippen LogP contribution < -0.4 is 5.32 Å². The largest absolute Gasteiger partial charge is 0.316 e. The molecule has 5 nitrogen and oxygen atoms in total. The minimum atomic E-state index is 0.0264. The molecule has 0 aliphatic carbocycles. The van der Waals surface area contributed by atoms with E-state index < -0.39 is 0 Å². The predicted molar refractivity (Wildman–Crippen MR) is 46.1 cm³/mol. The van der Waals surface area contributed by atoms with Crippen LogP contribution in [-0.2, 0) is 9.63 Å². The molecule has 13 heavy (non-hydrogen) atoms. The third-order valence-electron chi connectivity index (χ3n) is 2.27. The van der Waals surface area contributed by atoms with Crippen LogP contribution in [0, 0.1) is 5.92 Å². The Labute approximate surface area is 77.6 Å². The van der Waals surface area contributed by atoms with Crippen LogP contribution >= 0.6 is 0 Å². The Morgan fingerprint density at radius 1 is 1.77 bits per heavy atom. The molecule has 0 aromatic rings. The first kappa shape index (κ1) is 10.6. The quantitative estimate of drug-likeness (QED) is 0.599. The maximum atomic E-state index is 11.3. The summed E-state index contributed by atoms with van der Waals surface area (Å²) in [6.45, 7) is 1.87. The van der Waals surface area contributed by atoms with Crippen LogP contribution in [0.25, 0.3) is 0 Å². The van der Waals surface area contributed by atoms with Crippen molar-refractivity contribution in [2.45, 2.75) is 12.8 Å². The maximum absolute atomic E-state index is 11.3. The lowest BCUT2D eigenvalue weighted by molar-refractivity contribution is -0.326. The summed E-state index contributed by atoms with van der Waals surface area (Å²) in [6.07, 6.45) is 1.24. The van der Waals surface area contributed by atoms with Crippen LogP contribution in [0.2, 0.25) is 0 Å². The van der Waals surface area contributed by atoms with Gasteiger partial charge >= 0.3 is 0 Å². The van der Waals surface area contributed by atoms with E-state index in [2.05, 4.69) is 10.2 Å². The van der Waals surface area contributed by atoms with Crippen LogP contribution in [0.5, 0.6) is 0 Å². The van der Waals surface area contributed by atoms with Crippen molar-refractivity contribution in [2.24, 2.45) is 5.92 Å². The maximum Gasteiger partial charge on any atom is 0.138 e. The van der Waals surface area contributed by atoms with Gasteiger partial charge in [-0.3, -0.25) is 14.8 Å². The molecule has 0 spiro atoms. The molecule has 1 fully saturated rings. The van der Waals surface area contributed by atoms with Gasteiger partial charge in [0.25, 0.3) is 0 Å². The Hall–Kier alpha value is -0.490. The van der Waals surface area contributed by atoms with Crippen LogP contribution in [-0.4, -0.2) is 43.0 Å². The Bertz CT molecular complexity index is 175. The zero-order chi connectivity index (χ0) is 9.68. The van der Waals surface area contributed by atoms with Crippen molar-refractivity contribution in [1.29, 1.82) is 0 Å². The first-order valence-electron chi connectivity index (χ1n) is 4.48. The van der Waals surface area contributed by atoms with Crippen molar-refractivity contribution < 1.29 is 14.8 Å². The van der Waals surface area contributed by atoms with Gasteiger partial charge in [-0.05, 0) is 6.42 Å². The van der Waals surface area contributed by atoms with Crippen molar-refractivity contribution in [3.63, 3.8) is 0 Å². The van der Waals surface area contributed by atoms with Crippen molar-refractivity contribution in [3.8, 4) is 0 Å².